The molecular weight excluding hydrogens is 601 g/mol. The molecular formula is C44H28N4O. The number of para-hydroxylation sites is 3. The molecule has 0 unspecified atom stereocenters. The van der Waals surface area contributed by atoms with E-state index in [1.165, 1.54) is 0 Å². The van der Waals surface area contributed by atoms with Gasteiger partial charge in [0.2, 0.25) is 5.70 Å². The van der Waals surface area contributed by atoms with Crippen molar-refractivity contribution in [2.45, 2.75) is 0 Å². The lowest BCUT2D eigenvalue weighted by molar-refractivity contribution is 0.495. The van der Waals surface area contributed by atoms with E-state index in [0.717, 1.165) is 66.4 Å². The normalized spacial score (nSPS) is 12.2. The molecule has 0 spiro atoms. The Morgan fingerprint density at radius 3 is 1.88 bits per heavy atom. The van der Waals surface area contributed by atoms with E-state index in [1.54, 1.807) is 12.2 Å². The average Bonchev–Trinajstić information content (AvgIpc) is 3.67. The van der Waals surface area contributed by atoms with Gasteiger partial charge in [-0.05, 0) is 60.2 Å². The Hall–Kier alpha value is -7.08. The number of nitrogens with zero attached hydrogens (tertiary/aromatic N) is 4. The van der Waals surface area contributed by atoms with Gasteiger partial charge in [0.05, 0.1) is 51.1 Å². The van der Waals surface area contributed by atoms with Crippen LogP contribution in [0.1, 0.15) is 5.56 Å². The van der Waals surface area contributed by atoms with Crippen LogP contribution in [0.4, 0.5) is 0 Å². The third-order valence-corrected chi connectivity index (χ3v) is 8.73. The number of nitriles is 1. The number of benzene rings is 6. The van der Waals surface area contributed by atoms with Crippen molar-refractivity contribution in [3.05, 3.63) is 186 Å². The zero-order valence-electron chi connectivity index (χ0n) is 26.4. The molecule has 0 aliphatic heterocycles. The Kier molecular flexibility index (Phi) is 7.55. The second kappa shape index (κ2) is 12.6. The highest BCUT2D eigenvalue weighted by Gasteiger charge is 2.19. The Morgan fingerprint density at radius 1 is 0.612 bits per heavy atom. The molecule has 0 atom stereocenters. The van der Waals surface area contributed by atoms with Gasteiger partial charge in [0.25, 0.3) is 0 Å². The number of fused-ring (bicyclic) bond motifs is 6. The molecule has 49 heavy (non-hydrogen) atoms. The molecule has 2 heterocycles. The summed E-state index contributed by atoms with van der Waals surface area (Å²) in [5.74, 6) is 1.50. The molecule has 230 valence electrons. The second-order valence-corrected chi connectivity index (χ2v) is 11.6. The van der Waals surface area contributed by atoms with Crippen LogP contribution < -0.4 is 4.74 Å². The van der Waals surface area contributed by atoms with Crippen LogP contribution >= 0.6 is 0 Å². The topological polar surface area (TPSA) is 47.2 Å². The van der Waals surface area contributed by atoms with Crippen LogP contribution in [0.3, 0.4) is 0 Å². The third kappa shape index (κ3) is 5.22. The summed E-state index contributed by atoms with van der Waals surface area (Å²) >= 11 is 0. The van der Waals surface area contributed by atoms with Crippen LogP contribution in [-0.2, 0) is 0 Å². The highest BCUT2D eigenvalue weighted by atomic mass is 16.5. The molecule has 0 amide bonds. The molecule has 5 heteroatoms. The lowest BCUT2D eigenvalue weighted by atomic mass is 10.1. The molecule has 2 aromatic heterocycles. The molecule has 5 nitrogen and oxygen atoms in total. The van der Waals surface area contributed by atoms with E-state index in [4.69, 9.17) is 11.3 Å². The first-order chi connectivity index (χ1) is 24.2. The maximum absolute atomic E-state index is 10.1. The van der Waals surface area contributed by atoms with Gasteiger partial charge in [-0.1, -0.05) is 109 Å². The zero-order chi connectivity index (χ0) is 33.2. The molecule has 0 saturated heterocycles. The van der Waals surface area contributed by atoms with Crippen molar-refractivity contribution in [1.82, 2.24) is 9.13 Å². The molecule has 0 aliphatic carbocycles. The van der Waals surface area contributed by atoms with E-state index in [9.17, 15) is 5.26 Å². The van der Waals surface area contributed by atoms with Crippen molar-refractivity contribution in [3.63, 3.8) is 0 Å². The minimum atomic E-state index is 0.273. The predicted octanol–water partition coefficient (Wildman–Crippen LogP) is 11.6. The van der Waals surface area contributed by atoms with E-state index < -0.39 is 0 Å². The Balaban J connectivity index is 1.26. The third-order valence-electron chi connectivity index (χ3n) is 8.73. The van der Waals surface area contributed by atoms with Crippen LogP contribution in [0.25, 0.3) is 66.4 Å². The van der Waals surface area contributed by atoms with Gasteiger partial charge < -0.3 is 13.9 Å². The molecule has 0 bridgehead atoms. The lowest BCUT2D eigenvalue weighted by Crippen LogP contribution is -1.93. The fourth-order valence-electron chi connectivity index (χ4n) is 6.56. The van der Waals surface area contributed by atoms with E-state index in [1.807, 2.05) is 85.1 Å². The maximum Gasteiger partial charge on any atom is 0.204 e. The van der Waals surface area contributed by atoms with Crippen molar-refractivity contribution in [2.75, 3.05) is 0 Å². The number of hydrogen-bond acceptors (Lipinski definition) is 2. The van der Waals surface area contributed by atoms with Gasteiger partial charge in [-0.3, -0.25) is 0 Å². The lowest BCUT2D eigenvalue weighted by Gasteiger charge is -2.11. The monoisotopic (exact) mass is 628 g/mol. The Labute approximate surface area is 283 Å². The highest BCUT2D eigenvalue weighted by molar-refractivity contribution is 6.14. The fourth-order valence-corrected chi connectivity index (χ4v) is 6.56. The first-order valence-corrected chi connectivity index (χ1v) is 16.0. The second-order valence-electron chi connectivity index (χ2n) is 11.6. The number of allylic oxidation sites excluding steroid dienone is 3. The number of rotatable bonds is 7. The van der Waals surface area contributed by atoms with Crippen molar-refractivity contribution in [3.8, 4) is 23.3 Å². The van der Waals surface area contributed by atoms with E-state index in [-0.39, 0.29) is 11.3 Å². The Bertz CT molecular complexity index is 2700. The van der Waals surface area contributed by atoms with E-state index in [0.29, 0.717) is 0 Å². The summed E-state index contributed by atoms with van der Waals surface area (Å²) < 4.78 is 11.2. The number of ether oxygens (including phenoxy) is 1. The van der Waals surface area contributed by atoms with Crippen molar-refractivity contribution in [1.29, 1.82) is 5.26 Å². The van der Waals surface area contributed by atoms with Crippen LogP contribution in [0.5, 0.6) is 11.5 Å². The number of hydrogen-bond donors (Lipinski definition) is 0. The summed E-state index contributed by atoms with van der Waals surface area (Å²) in [7, 11) is 0. The molecule has 0 fully saturated rings. The van der Waals surface area contributed by atoms with Gasteiger partial charge in [0.15, 0.2) is 0 Å². The van der Waals surface area contributed by atoms with Crippen molar-refractivity contribution < 1.29 is 4.74 Å². The van der Waals surface area contributed by atoms with Crippen molar-refractivity contribution >= 4 is 55.9 Å². The SMILES string of the molecule is [C-]#[N+]C(/C=C/c1ccccc1)=C(C#N)/C=C/n1c2ccccc2c2c(Oc3cccc4c3c3ccccc3n4-c3ccccc3)cccc21. The van der Waals surface area contributed by atoms with E-state index in [2.05, 4.69) is 92.8 Å². The molecule has 8 rings (SSSR count). The van der Waals surface area contributed by atoms with Gasteiger partial charge in [0.1, 0.15) is 11.5 Å². The summed E-state index contributed by atoms with van der Waals surface area (Å²) in [5.41, 5.74) is 6.66. The van der Waals surface area contributed by atoms with Crippen LogP contribution in [0.2, 0.25) is 0 Å². The molecule has 0 saturated carbocycles. The maximum atomic E-state index is 10.1. The smallest absolute Gasteiger partial charge is 0.204 e. The van der Waals surface area contributed by atoms with Gasteiger partial charge in [0, 0.05) is 22.7 Å². The van der Waals surface area contributed by atoms with Gasteiger partial charge in [-0.25, -0.2) is 4.85 Å². The predicted molar refractivity (Wildman–Crippen MR) is 200 cm³/mol. The number of aromatic nitrogens is 2. The molecule has 0 aliphatic rings. The van der Waals surface area contributed by atoms with Gasteiger partial charge in [-0.15, -0.1) is 0 Å². The van der Waals surface area contributed by atoms with Crippen LogP contribution in [0, 0.1) is 17.9 Å². The summed E-state index contributed by atoms with van der Waals surface area (Å²) in [5, 5.41) is 14.2. The fraction of sp³-hybridized carbons (Fsp3) is 0. The molecule has 8 aromatic rings. The summed E-state index contributed by atoms with van der Waals surface area (Å²) in [4.78, 5) is 3.67. The molecule has 6 aromatic carbocycles. The largest absolute Gasteiger partial charge is 0.456 e. The quantitative estimate of drug-likeness (QED) is 0.100. The minimum Gasteiger partial charge on any atom is -0.456 e. The Morgan fingerprint density at radius 2 is 1.18 bits per heavy atom. The van der Waals surface area contributed by atoms with Crippen LogP contribution in [-0.4, -0.2) is 9.13 Å². The standard InChI is InChI=1S/C44H28N4O/c1-46-36(27-26-31-14-4-2-5-15-31)32(30-45)28-29-47-37-20-10-8-18-34(37)43-39(47)22-12-24-41(43)49-42-25-13-23-40-44(42)35-19-9-11-21-38(35)48(40)33-16-6-3-7-17-33/h2-29H/b27-26+,29-28+,36-32-. The zero-order valence-corrected chi connectivity index (χ0v) is 26.4. The first-order valence-electron chi connectivity index (χ1n) is 16.0. The highest BCUT2D eigenvalue weighted by Crippen LogP contribution is 2.42. The van der Waals surface area contributed by atoms with Crippen LogP contribution in [0.15, 0.2) is 169 Å². The molecule has 0 radical (unpaired) electrons. The van der Waals surface area contributed by atoms with Crippen molar-refractivity contribution in [2.24, 2.45) is 0 Å². The van der Waals surface area contributed by atoms with Gasteiger partial charge in [-0.2, -0.15) is 5.26 Å². The summed E-state index contributed by atoms with van der Waals surface area (Å²) in [6.07, 6.45) is 7.11. The molecule has 0 N–H and O–H groups in total. The van der Waals surface area contributed by atoms with Gasteiger partial charge >= 0.3 is 0 Å². The summed E-state index contributed by atoms with van der Waals surface area (Å²) in [6.45, 7) is 7.77. The minimum absolute atomic E-state index is 0.273. The van der Waals surface area contributed by atoms with E-state index >= 15 is 0 Å². The first kappa shape index (κ1) is 29.3. The average molecular weight is 629 g/mol. The summed E-state index contributed by atoms with van der Waals surface area (Å²) in [6, 6.07) is 51.2.